The number of carbonyl (C=O) groups is 5. The number of oxime groups is 1. The van der Waals surface area contributed by atoms with E-state index in [9.17, 15) is 34.2 Å². The van der Waals surface area contributed by atoms with Crippen molar-refractivity contribution in [3.63, 3.8) is 0 Å². The summed E-state index contributed by atoms with van der Waals surface area (Å²) in [6, 6.07) is 0.546. The first-order valence-corrected chi connectivity index (χ1v) is 13.6. The van der Waals surface area contributed by atoms with Crippen LogP contribution in [0, 0.1) is 29.1 Å². The van der Waals surface area contributed by atoms with E-state index >= 15 is 0 Å². The summed E-state index contributed by atoms with van der Waals surface area (Å²) in [5.74, 6) is -10.8. The van der Waals surface area contributed by atoms with Crippen molar-refractivity contribution in [3.8, 4) is 5.75 Å². The third-order valence-corrected chi connectivity index (χ3v) is 8.44. The number of phenols is 1. The fraction of sp³-hybridized carbons (Fsp3) is 0.586. The lowest BCUT2D eigenvalue weighted by Gasteiger charge is -2.52. The van der Waals surface area contributed by atoms with E-state index in [-0.39, 0.29) is 36.1 Å². The Bertz CT molecular complexity index is 1350. The minimum Gasteiger partial charge on any atom is -0.507 e. The quantitative estimate of drug-likeness (QED) is 0.197. The highest BCUT2D eigenvalue weighted by Crippen LogP contribution is 2.51. The minimum absolute atomic E-state index is 0.0274. The highest BCUT2D eigenvalue weighted by molar-refractivity contribution is 6.32. The largest absolute Gasteiger partial charge is 0.507 e. The molecule has 0 spiro atoms. The number of hydrogen-bond acceptors (Lipinski definition) is 11. The van der Waals surface area contributed by atoms with Crippen LogP contribution in [0.1, 0.15) is 54.2 Å². The standard InChI is InChI=1S/C29H38N4O8/c1-28(2,3)12-31-10-15-7-14(11-32-41-6)16-8-13-9-17-21(33(4)5)24(36)20(27(30)39)26(38)29(17,40)25(37)18(13)23(35)19(16)22(15)34/h7,11,13,17-18,20-21,31,34,40H,8-10,12H2,1-6H3,(H2,30,39)/b32-11-/t13-,17-,18?,20?,21-,29-/m1/s1. The molecule has 0 bridgehead atoms. The molecule has 0 saturated heterocycles. The number of nitrogens with one attached hydrogen (secondary N) is 1. The van der Waals surface area contributed by atoms with Gasteiger partial charge in [0.1, 0.15) is 12.9 Å². The topological polar surface area (TPSA) is 189 Å². The first-order valence-electron chi connectivity index (χ1n) is 13.6. The van der Waals surface area contributed by atoms with E-state index in [2.05, 4.69) is 10.5 Å². The normalized spacial score (nSPS) is 29.9. The van der Waals surface area contributed by atoms with Gasteiger partial charge in [0.25, 0.3) is 0 Å². The van der Waals surface area contributed by atoms with E-state index in [4.69, 9.17) is 10.6 Å². The molecule has 0 aromatic heterocycles. The van der Waals surface area contributed by atoms with E-state index in [0.29, 0.717) is 23.2 Å². The number of aromatic hydroxyl groups is 1. The first-order chi connectivity index (χ1) is 19.1. The molecule has 2 unspecified atom stereocenters. The van der Waals surface area contributed by atoms with Crippen molar-refractivity contribution in [1.29, 1.82) is 0 Å². The second-order valence-electron chi connectivity index (χ2n) is 12.7. The molecule has 5 N–H and O–H groups in total. The van der Waals surface area contributed by atoms with E-state index < -0.39 is 64.4 Å². The van der Waals surface area contributed by atoms with Crippen molar-refractivity contribution in [2.45, 2.75) is 51.8 Å². The Labute approximate surface area is 238 Å². The van der Waals surface area contributed by atoms with Crippen molar-refractivity contribution in [2.75, 3.05) is 27.7 Å². The van der Waals surface area contributed by atoms with Crippen LogP contribution in [0.5, 0.6) is 5.75 Å². The minimum atomic E-state index is -2.77. The molecule has 3 aliphatic carbocycles. The van der Waals surface area contributed by atoms with Gasteiger partial charge < -0.3 is 26.1 Å². The van der Waals surface area contributed by atoms with Crippen molar-refractivity contribution < 1.29 is 39.0 Å². The zero-order valence-electron chi connectivity index (χ0n) is 24.2. The van der Waals surface area contributed by atoms with Gasteiger partial charge in [-0.15, -0.1) is 0 Å². The molecule has 4 rings (SSSR count). The van der Waals surface area contributed by atoms with Crippen LogP contribution in [0.25, 0.3) is 0 Å². The Balaban J connectivity index is 1.84. The van der Waals surface area contributed by atoms with Crippen molar-refractivity contribution in [2.24, 2.45) is 40.0 Å². The summed E-state index contributed by atoms with van der Waals surface area (Å²) in [6.45, 7) is 6.97. The van der Waals surface area contributed by atoms with Crippen LogP contribution in [-0.4, -0.2) is 89.8 Å². The molecule has 0 radical (unpaired) electrons. The molecule has 12 nitrogen and oxygen atoms in total. The molecule has 222 valence electrons. The molecule has 1 amide bonds. The average molecular weight is 571 g/mol. The molecule has 12 heteroatoms. The number of likely N-dealkylation sites (N-methyl/N-ethyl adjacent to an activating group) is 1. The average Bonchev–Trinajstić information content (AvgIpc) is 2.85. The molecular weight excluding hydrogens is 532 g/mol. The maximum atomic E-state index is 14.0. The number of aliphatic hydroxyl groups is 1. The van der Waals surface area contributed by atoms with Crippen molar-refractivity contribution in [3.05, 3.63) is 28.3 Å². The van der Waals surface area contributed by atoms with Gasteiger partial charge in [0.2, 0.25) is 5.91 Å². The van der Waals surface area contributed by atoms with E-state index in [1.54, 1.807) is 20.2 Å². The third kappa shape index (κ3) is 4.98. The van der Waals surface area contributed by atoms with Crippen molar-refractivity contribution >= 4 is 35.3 Å². The zero-order chi connectivity index (χ0) is 30.6. The molecule has 2 saturated carbocycles. The lowest BCUT2D eigenvalue weighted by molar-refractivity contribution is -0.181. The molecule has 0 aliphatic heterocycles. The smallest absolute Gasteiger partial charge is 0.235 e. The fourth-order valence-corrected chi connectivity index (χ4v) is 6.69. The van der Waals surface area contributed by atoms with Gasteiger partial charge in [-0.05, 0) is 49.9 Å². The van der Waals surface area contributed by atoms with E-state index in [1.165, 1.54) is 18.2 Å². The molecule has 3 aliphatic rings. The number of primary amides is 1. The molecule has 41 heavy (non-hydrogen) atoms. The summed E-state index contributed by atoms with van der Waals surface area (Å²) < 4.78 is 0. The highest BCUT2D eigenvalue weighted by atomic mass is 16.6. The number of fused-ring (bicyclic) bond motifs is 3. The predicted octanol–water partition coefficient (Wildman–Crippen LogP) is -0.0170. The van der Waals surface area contributed by atoms with E-state index in [1.807, 2.05) is 20.8 Å². The number of nitrogens with zero attached hydrogens (tertiary/aromatic N) is 2. The summed E-state index contributed by atoms with van der Waals surface area (Å²) >= 11 is 0. The Morgan fingerprint density at radius 2 is 1.90 bits per heavy atom. The van der Waals surface area contributed by atoms with Crippen LogP contribution < -0.4 is 11.1 Å². The van der Waals surface area contributed by atoms with E-state index in [0.717, 1.165) is 0 Å². The SMILES string of the molecule is CO/N=C\c1cc(CNCC(C)(C)C)c(O)c2c1C[C@@H]1C[C@@H]3[C@@H](N(C)C)C(=O)C(C(N)=O)C(=O)[C@]3(O)C(=O)C1C2=O. The second kappa shape index (κ2) is 10.7. The van der Waals surface area contributed by atoms with Gasteiger partial charge in [0.05, 0.1) is 23.7 Å². The van der Waals surface area contributed by atoms with Crippen molar-refractivity contribution in [1.82, 2.24) is 10.2 Å². The number of carbonyl (C=O) groups excluding carboxylic acids is 5. The molecule has 1 aromatic rings. The number of Topliss-reactive ketones (excluding diaryl/α,β-unsaturated/α-hetero) is 4. The summed E-state index contributed by atoms with van der Waals surface area (Å²) in [6.07, 6.45) is 1.54. The molecular formula is C29H38N4O8. The third-order valence-electron chi connectivity index (χ3n) is 8.44. The maximum absolute atomic E-state index is 14.0. The molecule has 0 heterocycles. The van der Waals surface area contributed by atoms with Crippen LogP contribution in [-0.2, 0) is 37.0 Å². The summed E-state index contributed by atoms with van der Waals surface area (Å²) in [5.41, 5.74) is 3.85. The Hall–Kier alpha value is -3.48. The van der Waals surface area contributed by atoms with Crippen LogP contribution >= 0.6 is 0 Å². The number of amides is 1. The maximum Gasteiger partial charge on any atom is 0.235 e. The number of rotatable bonds is 7. The Kier molecular flexibility index (Phi) is 7.98. The summed E-state index contributed by atoms with van der Waals surface area (Å²) in [4.78, 5) is 73.2. The first kappa shape index (κ1) is 30.5. The Morgan fingerprint density at radius 3 is 2.46 bits per heavy atom. The van der Waals surface area contributed by atoms with Gasteiger partial charge in [0, 0.05) is 30.1 Å². The Morgan fingerprint density at radius 1 is 1.24 bits per heavy atom. The van der Waals surface area contributed by atoms with Gasteiger partial charge in [-0.1, -0.05) is 25.9 Å². The lowest BCUT2D eigenvalue weighted by atomic mass is 9.52. The van der Waals surface area contributed by atoms with Gasteiger partial charge in [-0.3, -0.25) is 28.9 Å². The number of nitrogens with two attached hydrogens (primary N) is 1. The summed E-state index contributed by atoms with van der Waals surface area (Å²) in [5, 5.41) is 30.1. The van der Waals surface area contributed by atoms with Crippen LogP contribution in [0.4, 0.5) is 0 Å². The lowest BCUT2D eigenvalue weighted by Crippen LogP contribution is -2.74. The molecule has 6 atom stereocenters. The van der Waals surface area contributed by atoms with Gasteiger partial charge >= 0.3 is 0 Å². The fourth-order valence-electron chi connectivity index (χ4n) is 6.69. The number of ketones is 4. The zero-order valence-corrected chi connectivity index (χ0v) is 24.2. The number of phenolic OH excluding ortho intramolecular Hbond substituents is 1. The van der Waals surface area contributed by atoms with Gasteiger partial charge in [-0.25, -0.2) is 0 Å². The molecule has 2 fully saturated rings. The highest BCUT2D eigenvalue weighted by Gasteiger charge is 2.69. The van der Waals surface area contributed by atoms with Gasteiger partial charge in [-0.2, -0.15) is 0 Å². The van der Waals surface area contributed by atoms with Crippen LogP contribution in [0.15, 0.2) is 11.2 Å². The monoisotopic (exact) mass is 570 g/mol. The number of benzene rings is 1. The van der Waals surface area contributed by atoms with Crippen LogP contribution in [0.3, 0.4) is 0 Å². The van der Waals surface area contributed by atoms with Gasteiger partial charge in [0.15, 0.2) is 34.7 Å². The number of hydrogen-bond donors (Lipinski definition) is 4. The second-order valence-corrected chi connectivity index (χ2v) is 12.7. The molecule has 1 aromatic carbocycles. The summed E-state index contributed by atoms with van der Waals surface area (Å²) in [7, 11) is 4.46. The predicted molar refractivity (Wildman–Crippen MR) is 147 cm³/mol. The van der Waals surface area contributed by atoms with Crippen LogP contribution in [0.2, 0.25) is 0 Å².